The maximum Gasteiger partial charge on any atom is 0.170 e. The first-order valence-electron chi connectivity index (χ1n) is 7.74. The molecule has 0 aromatic carbocycles. The normalized spacial score (nSPS) is 21.2. The largest absolute Gasteiger partial charge is 0.352 e. The smallest absolute Gasteiger partial charge is 0.170 e. The van der Waals surface area contributed by atoms with Crippen LogP contribution in [-0.2, 0) is 0 Å². The Balaban J connectivity index is 1.99. The van der Waals surface area contributed by atoms with E-state index in [4.69, 9.17) is 12.2 Å². The highest BCUT2D eigenvalue weighted by Crippen LogP contribution is 2.41. The van der Waals surface area contributed by atoms with Gasteiger partial charge in [0, 0.05) is 17.6 Å². The van der Waals surface area contributed by atoms with Gasteiger partial charge in [-0.15, -0.1) is 11.3 Å². The Hall–Kier alpha value is -1.46. The van der Waals surface area contributed by atoms with Gasteiger partial charge in [0.2, 0.25) is 0 Å². The summed E-state index contributed by atoms with van der Waals surface area (Å²) in [6, 6.07) is 8.64. The van der Waals surface area contributed by atoms with Gasteiger partial charge in [-0.3, -0.25) is 4.98 Å². The summed E-state index contributed by atoms with van der Waals surface area (Å²) in [7, 11) is 0. The van der Waals surface area contributed by atoms with E-state index in [0.717, 1.165) is 23.8 Å². The lowest BCUT2D eigenvalue weighted by Crippen LogP contribution is -2.30. The van der Waals surface area contributed by atoms with Crippen LogP contribution in [0.2, 0.25) is 0 Å². The van der Waals surface area contributed by atoms with E-state index in [1.54, 1.807) is 0 Å². The zero-order chi connectivity index (χ0) is 15.5. The van der Waals surface area contributed by atoms with Crippen LogP contribution in [0.25, 0.3) is 0 Å². The van der Waals surface area contributed by atoms with Gasteiger partial charge in [-0.05, 0) is 54.7 Å². The van der Waals surface area contributed by atoms with Crippen molar-refractivity contribution in [2.24, 2.45) is 0 Å². The lowest BCUT2D eigenvalue weighted by atomic mass is 10.0. The third-order valence-corrected chi connectivity index (χ3v) is 5.56. The van der Waals surface area contributed by atoms with Crippen LogP contribution in [0.4, 0.5) is 0 Å². The van der Waals surface area contributed by atoms with Gasteiger partial charge in [0.15, 0.2) is 5.11 Å². The van der Waals surface area contributed by atoms with E-state index in [-0.39, 0.29) is 12.1 Å². The van der Waals surface area contributed by atoms with Gasteiger partial charge in [-0.1, -0.05) is 19.4 Å². The molecule has 3 heterocycles. The van der Waals surface area contributed by atoms with Crippen molar-refractivity contribution >= 4 is 28.7 Å². The van der Waals surface area contributed by atoms with Gasteiger partial charge in [0.25, 0.3) is 0 Å². The number of unbranched alkanes of at least 4 members (excludes halogenated alkanes) is 1. The predicted molar refractivity (Wildman–Crippen MR) is 96.1 cm³/mol. The predicted octanol–water partition coefficient (Wildman–Crippen LogP) is 4.22. The first-order chi connectivity index (χ1) is 10.7. The quantitative estimate of drug-likeness (QED) is 0.830. The molecular formula is C17H21N3S2. The number of nitrogens with one attached hydrogen (secondary N) is 1. The molecule has 0 amide bonds. The number of thiophene rings is 1. The Morgan fingerprint density at radius 2 is 2.23 bits per heavy atom. The van der Waals surface area contributed by atoms with Crippen molar-refractivity contribution in [3.05, 3.63) is 52.0 Å². The maximum atomic E-state index is 5.62. The van der Waals surface area contributed by atoms with E-state index in [1.807, 2.05) is 29.7 Å². The summed E-state index contributed by atoms with van der Waals surface area (Å²) in [6.45, 7) is 5.39. The minimum absolute atomic E-state index is 0.128. The van der Waals surface area contributed by atoms with Crippen LogP contribution in [0.15, 0.2) is 35.8 Å². The number of aryl methyl sites for hydroxylation is 1. The molecule has 2 unspecified atom stereocenters. The Labute approximate surface area is 141 Å². The van der Waals surface area contributed by atoms with Crippen molar-refractivity contribution in [1.82, 2.24) is 15.2 Å². The average Bonchev–Trinajstić information content (AvgIpc) is 3.09. The van der Waals surface area contributed by atoms with Crippen LogP contribution in [0.1, 0.15) is 48.0 Å². The molecule has 0 radical (unpaired) electrons. The number of rotatable bonds is 5. The van der Waals surface area contributed by atoms with Gasteiger partial charge in [-0.25, -0.2) is 0 Å². The van der Waals surface area contributed by atoms with Crippen molar-refractivity contribution in [3.8, 4) is 0 Å². The van der Waals surface area contributed by atoms with Crippen molar-refractivity contribution in [2.75, 3.05) is 6.54 Å². The Morgan fingerprint density at radius 3 is 2.86 bits per heavy atom. The summed E-state index contributed by atoms with van der Waals surface area (Å²) in [5.74, 6) is 0. The molecule has 0 bridgehead atoms. The highest BCUT2D eigenvalue weighted by atomic mass is 32.1. The number of nitrogens with zero attached hydrogens (tertiary/aromatic N) is 2. The molecular weight excluding hydrogens is 310 g/mol. The number of pyridine rings is 1. The Kier molecular flexibility index (Phi) is 4.74. The third-order valence-electron chi connectivity index (χ3n) is 4.12. The Bertz CT molecular complexity index is 638. The van der Waals surface area contributed by atoms with Crippen molar-refractivity contribution in [3.63, 3.8) is 0 Å². The summed E-state index contributed by atoms with van der Waals surface area (Å²) < 4.78 is 0. The first kappa shape index (κ1) is 15.4. The summed E-state index contributed by atoms with van der Waals surface area (Å²) in [4.78, 5) is 8.29. The van der Waals surface area contributed by atoms with Crippen molar-refractivity contribution < 1.29 is 0 Å². The first-order valence-corrected chi connectivity index (χ1v) is 9.03. The minimum atomic E-state index is 0.128. The molecule has 116 valence electrons. The number of hydrogen-bond donors (Lipinski definition) is 1. The van der Waals surface area contributed by atoms with Crippen LogP contribution in [0, 0.1) is 6.92 Å². The lowest BCUT2D eigenvalue weighted by Gasteiger charge is -2.27. The molecule has 1 aliphatic heterocycles. The highest BCUT2D eigenvalue weighted by Gasteiger charge is 2.40. The zero-order valence-corrected chi connectivity index (χ0v) is 14.6. The molecule has 3 rings (SSSR count). The molecule has 3 nitrogen and oxygen atoms in total. The molecule has 2 aromatic heterocycles. The molecule has 1 N–H and O–H groups in total. The summed E-state index contributed by atoms with van der Waals surface area (Å²) in [6.07, 6.45) is 4.17. The van der Waals surface area contributed by atoms with Gasteiger partial charge in [0.05, 0.1) is 17.8 Å². The van der Waals surface area contributed by atoms with Gasteiger partial charge in [0.1, 0.15) is 0 Å². The van der Waals surface area contributed by atoms with E-state index in [9.17, 15) is 0 Å². The molecule has 0 saturated carbocycles. The molecule has 1 aliphatic rings. The van der Waals surface area contributed by atoms with Gasteiger partial charge >= 0.3 is 0 Å². The van der Waals surface area contributed by atoms with Crippen LogP contribution < -0.4 is 5.32 Å². The van der Waals surface area contributed by atoms with Crippen LogP contribution in [-0.4, -0.2) is 21.5 Å². The second-order valence-corrected chi connectivity index (χ2v) is 6.98. The molecule has 0 aliphatic carbocycles. The van der Waals surface area contributed by atoms with Gasteiger partial charge < -0.3 is 10.2 Å². The van der Waals surface area contributed by atoms with E-state index < -0.39 is 0 Å². The molecule has 22 heavy (non-hydrogen) atoms. The molecule has 1 saturated heterocycles. The van der Waals surface area contributed by atoms with E-state index >= 15 is 0 Å². The fourth-order valence-corrected chi connectivity index (χ4v) is 4.35. The molecule has 2 atom stereocenters. The standard InChI is InChI=1S/C17H21N3S2/c1-3-4-10-20-15(16-12(2)8-11-22-16)14(19-17(20)21)13-7-5-6-9-18-13/h5-9,11,14-15H,3-4,10H2,1-2H3,(H,19,21). The molecule has 1 fully saturated rings. The third kappa shape index (κ3) is 2.88. The van der Waals surface area contributed by atoms with Crippen LogP contribution in [0.5, 0.6) is 0 Å². The molecule has 2 aromatic rings. The molecule has 5 heteroatoms. The fraction of sp³-hybridized carbons (Fsp3) is 0.412. The lowest BCUT2D eigenvalue weighted by molar-refractivity contribution is 0.316. The van der Waals surface area contributed by atoms with E-state index in [1.165, 1.54) is 16.9 Å². The zero-order valence-electron chi connectivity index (χ0n) is 13.0. The average molecular weight is 332 g/mol. The second kappa shape index (κ2) is 6.75. The van der Waals surface area contributed by atoms with Crippen LogP contribution in [0.3, 0.4) is 0 Å². The molecule has 0 spiro atoms. The van der Waals surface area contributed by atoms with Crippen molar-refractivity contribution in [2.45, 2.75) is 38.8 Å². The minimum Gasteiger partial charge on any atom is -0.352 e. The summed E-state index contributed by atoms with van der Waals surface area (Å²) >= 11 is 7.43. The van der Waals surface area contributed by atoms with E-state index in [0.29, 0.717) is 0 Å². The van der Waals surface area contributed by atoms with E-state index in [2.05, 4.69) is 46.6 Å². The highest BCUT2D eigenvalue weighted by molar-refractivity contribution is 7.80. The van der Waals surface area contributed by atoms with Gasteiger partial charge in [-0.2, -0.15) is 0 Å². The Morgan fingerprint density at radius 1 is 1.36 bits per heavy atom. The fourth-order valence-electron chi connectivity index (χ4n) is 2.95. The number of hydrogen-bond acceptors (Lipinski definition) is 3. The summed E-state index contributed by atoms with van der Waals surface area (Å²) in [5.41, 5.74) is 2.39. The number of aromatic nitrogens is 1. The van der Waals surface area contributed by atoms with Crippen molar-refractivity contribution in [1.29, 1.82) is 0 Å². The SMILES string of the molecule is CCCCN1C(=S)NC(c2ccccn2)C1c1sccc1C. The maximum absolute atomic E-state index is 5.62. The monoisotopic (exact) mass is 331 g/mol. The summed E-state index contributed by atoms with van der Waals surface area (Å²) in [5, 5.41) is 6.51. The second-order valence-electron chi connectivity index (χ2n) is 5.64. The van der Waals surface area contributed by atoms with Crippen LogP contribution >= 0.6 is 23.6 Å². The topological polar surface area (TPSA) is 28.2 Å². The number of thiocarbonyl (C=S) groups is 1.